The molecular weight excluding hydrogens is 394 g/mol. The average molecular weight is 420 g/mol. The van der Waals surface area contributed by atoms with Gasteiger partial charge in [0.25, 0.3) is 0 Å². The van der Waals surface area contributed by atoms with Gasteiger partial charge in [-0.05, 0) is 59.1 Å². The van der Waals surface area contributed by atoms with Crippen LogP contribution < -0.4 is 0 Å². The van der Waals surface area contributed by atoms with Gasteiger partial charge in [0.15, 0.2) is 0 Å². The first kappa shape index (κ1) is 20.6. The quantitative estimate of drug-likeness (QED) is 0.489. The second-order valence-electron chi connectivity index (χ2n) is 8.77. The van der Waals surface area contributed by atoms with E-state index in [2.05, 4.69) is 26.8 Å². The van der Waals surface area contributed by atoms with Gasteiger partial charge in [-0.15, -0.1) is 0 Å². The summed E-state index contributed by atoms with van der Waals surface area (Å²) in [6.07, 6.45) is 4.68. The predicted octanol–water partition coefficient (Wildman–Crippen LogP) is 7.13. The molecule has 3 aromatic rings. The van der Waals surface area contributed by atoms with E-state index in [9.17, 15) is 9.90 Å². The zero-order valence-corrected chi connectivity index (χ0v) is 18.3. The average Bonchev–Trinajstić information content (AvgIpc) is 2.73. The Labute approximate surface area is 182 Å². The number of carbonyl (C=O) groups is 1. The third-order valence-corrected chi connectivity index (χ3v) is 7.02. The second-order valence-corrected chi connectivity index (χ2v) is 9.18. The summed E-state index contributed by atoms with van der Waals surface area (Å²) in [6.45, 7) is 6.74. The van der Waals surface area contributed by atoms with Crippen molar-refractivity contribution in [3.8, 4) is 0 Å². The molecule has 30 heavy (non-hydrogen) atoms. The van der Waals surface area contributed by atoms with Crippen molar-refractivity contribution in [2.24, 2.45) is 11.3 Å². The highest BCUT2D eigenvalue weighted by Gasteiger charge is 2.36. The standard InChI is InChI=1S/C26H26ClNO2/c1-4-26(2,3)18-14-17(13-16-9-5-7-11-21(16)27)24-20(15-18)23(25(29)30)19-10-6-8-12-22(19)28-24/h5-13,18H,4,14-15H2,1-3H3,(H,29,30)/b17-13-. The number of para-hydroxylation sites is 1. The summed E-state index contributed by atoms with van der Waals surface area (Å²) in [5.74, 6) is -0.568. The lowest BCUT2D eigenvalue weighted by atomic mass is 9.67. The number of benzene rings is 2. The zero-order chi connectivity index (χ0) is 21.5. The molecule has 1 heterocycles. The molecule has 0 saturated carbocycles. The number of fused-ring (bicyclic) bond motifs is 2. The molecule has 4 rings (SSSR count). The van der Waals surface area contributed by atoms with Crippen LogP contribution >= 0.6 is 11.6 Å². The van der Waals surface area contributed by atoms with Crippen LogP contribution in [0.1, 0.15) is 60.8 Å². The molecule has 1 aromatic heterocycles. The molecule has 1 aliphatic carbocycles. The van der Waals surface area contributed by atoms with Gasteiger partial charge >= 0.3 is 5.97 Å². The number of aromatic nitrogens is 1. The maximum absolute atomic E-state index is 12.4. The van der Waals surface area contributed by atoms with Crippen LogP contribution in [0.2, 0.25) is 5.02 Å². The van der Waals surface area contributed by atoms with Crippen LogP contribution in [0.25, 0.3) is 22.6 Å². The van der Waals surface area contributed by atoms with E-state index >= 15 is 0 Å². The van der Waals surface area contributed by atoms with Crippen LogP contribution in [-0.2, 0) is 6.42 Å². The molecule has 4 heteroatoms. The van der Waals surface area contributed by atoms with Crippen molar-refractivity contribution >= 4 is 40.1 Å². The van der Waals surface area contributed by atoms with Crippen LogP contribution in [0.4, 0.5) is 0 Å². The highest BCUT2D eigenvalue weighted by atomic mass is 35.5. The third-order valence-electron chi connectivity index (χ3n) is 6.68. The summed E-state index contributed by atoms with van der Waals surface area (Å²) in [6, 6.07) is 15.3. The highest BCUT2D eigenvalue weighted by Crippen LogP contribution is 2.46. The van der Waals surface area contributed by atoms with E-state index in [0.717, 1.165) is 41.7 Å². The summed E-state index contributed by atoms with van der Waals surface area (Å²) in [5.41, 5.74) is 4.82. The normalized spacial score (nSPS) is 17.9. The van der Waals surface area contributed by atoms with E-state index in [1.807, 2.05) is 48.5 Å². The van der Waals surface area contributed by atoms with Gasteiger partial charge in [-0.2, -0.15) is 0 Å². The summed E-state index contributed by atoms with van der Waals surface area (Å²) >= 11 is 6.44. The van der Waals surface area contributed by atoms with Gasteiger partial charge in [0.05, 0.1) is 16.8 Å². The number of allylic oxidation sites excluding steroid dienone is 1. The lowest BCUT2D eigenvalue weighted by molar-refractivity contribution is 0.0696. The molecule has 1 aliphatic rings. The van der Waals surface area contributed by atoms with Gasteiger partial charge in [0.1, 0.15) is 0 Å². The largest absolute Gasteiger partial charge is 0.478 e. The fourth-order valence-electron chi connectivity index (χ4n) is 4.39. The van der Waals surface area contributed by atoms with E-state index in [1.54, 1.807) is 0 Å². The summed E-state index contributed by atoms with van der Waals surface area (Å²) in [7, 11) is 0. The highest BCUT2D eigenvalue weighted by molar-refractivity contribution is 6.32. The lowest BCUT2D eigenvalue weighted by Crippen LogP contribution is -2.30. The number of rotatable bonds is 4. The fourth-order valence-corrected chi connectivity index (χ4v) is 4.58. The second kappa shape index (κ2) is 7.88. The fraction of sp³-hybridized carbons (Fsp3) is 0.308. The van der Waals surface area contributed by atoms with Gasteiger partial charge in [0, 0.05) is 10.4 Å². The Kier molecular flexibility index (Phi) is 5.42. The maximum atomic E-state index is 12.4. The van der Waals surface area contributed by atoms with Crippen molar-refractivity contribution in [1.29, 1.82) is 0 Å². The molecule has 1 N–H and O–H groups in total. The number of hydrogen-bond donors (Lipinski definition) is 1. The number of halogens is 1. The topological polar surface area (TPSA) is 50.2 Å². The molecule has 0 spiro atoms. The summed E-state index contributed by atoms with van der Waals surface area (Å²) in [4.78, 5) is 17.3. The Morgan fingerprint density at radius 2 is 1.87 bits per heavy atom. The predicted molar refractivity (Wildman–Crippen MR) is 124 cm³/mol. The molecule has 0 bridgehead atoms. The van der Waals surface area contributed by atoms with Crippen molar-refractivity contribution in [1.82, 2.24) is 4.98 Å². The van der Waals surface area contributed by atoms with Gasteiger partial charge < -0.3 is 5.11 Å². The Morgan fingerprint density at radius 3 is 2.57 bits per heavy atom. The van der Waals surface area contributed by atoms with E-state index in [0.29, 0.717) is 27.4 Å². The van der Waals surface area contributed by atoms with Crippen LogP contribution in [0.5, 0.6) is 0 Å². The van der Waals surface area contributed by atoms with Crippen LogP contribution in [-0.4, -0.2) is 16.1 Å². The molecular formula is C26H26ClNO2. The molecule has 1 atom stereocenters. The van der Waals surface area contributed by atoms with Gasteiger partial charge in [-0.1, -0.05) is 75.2 Å². The van der Waals surface area contributed by atoms with Crippen molar-refractivity contribution in [2.45, 2.75) is 40.0 Å². The minimum absolute atomic E-state index is 0.0820. The van der Waals surface area contributed by atoms with E-state index in [4.69, 9.17) is 16.6 Å². The van der Waals surface area contributed by atoms with Crippen LogP contribution in [0.3, 0.4) is 0 Å². The number of carboxylic acid groups (broad SMARTS) is 1. The van der Waals surface area contributed by atoms with Crippen LogP contribution in [0, 0.1) is 11.3 Å². The van der Waals surface area contributed by atoms with Crippen LogP contribution in [0.15, 0.2) is 48.5 Å². The first-order valence-corrected chi connectivity index (χ1v) is 10.8. The zero-order valence-electron chi connectivity index (χ0n) is 17.6. The number of carboxylic acids is 1. The lowest BCUT2D eigenvalue weighted by Gasteiger charge is -2.38. The molecule has 0 radical (unpaired) electrons. The SMILES string of the molecule is CCC(C)(C)C1C/C(=C/c2ccccc2Cl)c2nc3ccccc3c(C(=O)O)c2C1. The summed E-state index contributed by atoms with van der Waals surface area (Å²) < 4.78 is 0. The maximum Gasteiger partial charge on any atom is 0.336 e. The van der Waals surface area contributed by atoms with E-state index < -0.39 is 5.97 Å². The molecule has 0 saturated heterocycles. The monoisotopic (exact) mass is 419 g/mol. The van der Waals surface area contributed by atoms with Crippen molar-refractivity contribution in [3.05, 3.63) is 75.9 Å². The van der Waals surface area contributed by atoms with E-state index in [-0.39, 0.29) is 5.41 Å². The first-order valence-electron chi connectivity index (χ1n) is 10.4. The minimum Gasteiger partial charge on any atom is -0.478 e. The molecule has 0 aliphatic heterocycles. The number of pyridine rings is 1. The Bertz CT molecular complexity index is 1160. The number of hydrogen-bond acceptors (Lipinski definition) is 2. The molecule has 1 unspecified atom stereocenters. The van der Waals surface area contributed by atoms with E-state index in [1.165, 1.54) is 0 Å². The molecule has 3 nitrogen and oxygen atoms in total. The van der Waals surface area contributed by atoms with Gasteiger partial charge in [-0.3, -0.25) is 0 Å². The van der Waals surface area contributed by atoms with Crippen molar-refractivity contribution < 1.29 is 9.90 Å². The molecule has 2 aromatic carbocycles. The summed E-state index contributed by atoms with van der Waals surface area (Å²) in [5, 5.41) is 11.5. The third kappa shape index (κ3) is 3.63. The smallest absolute Gasteiger partial charge is 0.336 e. The Hall–Kier alpha value is -2.65. The number of nitrogens with zero attached hydrogens (tertiary/aromatic N) is 1. The first-order chi connectivity index (χ1) is 14.3. The minimum atomic E-state index is -0.892. The van der Waals surface area contributed by atoms with Crippen molar-refractivity contribution in [2.75, 3.05) is 0 Å². The molecule has 0 amide bonds. The molecule has 0 fully saturated rings. The van der Waals surface area contributed by atoms with Gasteiger partial charge in [-0.25, -0.2) is 9.78 Å². The Morgan fingerprint density at radius 1 is 1.17 bits per heavy atom. The van der Waals surface area contributed by atoms with Crippen molar-refractivity contribution in [3.63, 3.8) is 0 Å². The van der Waals surface area contributed by atoms with Gasteiger partial charge in [0.2, 0.25) is 0 Å². The number of aromatic carboxylic acids is 1. The molecule has 154 valence electrons. The Balaban J connectivity index is 2.01.